The van der Waals surface area contributed by atoms with Gasteiger partial charge in [0.05, 0.1) is 0 Å². The van der Waals surface area contributed by atoms with Crippen LogP contribution in [0.2, 0.25) is 0 Å². The number of carbonyl (C=O) groups is 1. The van der Waals surface area contributed by atoms with E-state index in [9.17, 15) is 18.0 Å². The summed E-state index contributed by atoms with van der Waals surface area (Å²) in [7, 11) is 0. The molecule has 0 spiro atoms. The molecular formula is C9H6Br2F3NO2. The van der Waals surface area contributed by atoms with E-state index in [-0.39, 0.29) is 5.56 Å². The van der Waals surface area contributed by atoms with Gasteiger partial charge in [-0.2, -0.15) is 13.2 Å². The fourth-order valence-corrected chi connectivity index (χ4v) is 2.22. The highest BCUT2D eigenvalue weighted by molar-refractivity contribution is 9.11. The summed E-state index contributed by atoms with van der Waals surface area (Å²) >= 11 is 6.30. The molecule has 1 N–H and O–H groups in total. The summed E-state index contributed by atoms with van der Waals surface area (Å²) in [5.41, 5.74) is 1.88. The summed E-state index contributed by atoms with van der Waals surface area (Å²) in [4.78, 5) is 15.4. The smallest absolute Gasteiger partial charge is 0.267 e. The highest BCUT2D eigenvalue weighted by Gasteiger charge is 2.28. The minimum Gasteiger partial charge on any atom is -0.267 e. The van der Waals surface area contributed by atoms with Gasteiger partial charge in [0.2, 0.25) is 0 Å². The van der Waals surface area contributed by atoms with Crippen molar-refractivity contribution in [2.24, 2.45) is 0 Å². The van der Waals surface area contributed by atoms with Crippen LogP contribution in [0.5, 0.6) is 0 Å². The van der Waals surface area contributed by atoms with Crippen LogP contribution in [0, 0.1) is 0 Å². The van der Waals surface area contributed by atoms with Gasteiger partial charge in [-0.25, -0.2) is 5.48 Å². The maximum atomic E-state index is 11.7. The van der Waals surface area contributed by atoms with Crippen LogP contribution in [-0.4, -0.2) is 18.7 Å². The zero-order chi connectivity index (χ0) is 13.1. The second-order valence-corrected chi connectivity index (χ2v) is 4.82. The molecule has 1 aromatic rings. The van der Waals surface area contributed by atoms with Gasteiger partial charge in [-0.05, 0) is 18.2 Å². The highest BCUT2D eigenvalue weighted by atomic mass is 79.9. The van der Waals surface area contributed by atoms with E-state index >= 15 is 0 Å². The van der Waals surface area contributed by atoms with Gasteiger partial charge in [0.15, 0.2) is 6.61 Å². The number of carbonyl (C=O) groups excluding carboxylic acids is 1. The van der Waals surface area contributed by atoms with Crippen molar-refractivity contribution in [3.63, 3.8) is 0 Å². The molecule has 0 unspecified atom stereocenters. The first kappa shape index (κ1) is 14.5. The van der Waals surface area contributed by atoms with Crippen LogP contribution in [0.25, 0.3) is 0 Å². The van der Waals surface area contributed by atoms with Crippen molar-refractivity contribution in [1.29, 1.82) is 0 Å². The van der Waals surface area contributed by atoms with Gasteiger partial charge < -0.3 is 0 Å². The Kier molecular flexibility index (Phi) is 4.96. The summed E-state index contributed by atoms with van der Waals surface area (Å²) in [6.45, 7) is -1.53. The Balaban J connectivity index is 2.58. The molecule has 8 heteroatoms. The van der Waals surface area contributed by atoms with Crippen molar-refractivity contribution in [3.8, 4) is 0 Å². The molecular weight excluding hydrogens is 371 g/mol. The molecule has 1 aromatic carbocycles. The summed E-state index contributed by atoms with van der Waals surface area (Å²) < 4.78 is 36.5. The fourth-order valence-electron chi connectivity index (χ4n) is 0.927. The number of halogens is 5. The molecule has 0 aromatic heterocycles. The van der Waals surface area contributed by atoms with Crippen molar-refractivity contribution >= 4 is 37.8 Å². The minimum absolute atomic E-state index is 0.174. The molecule has 0 saturated heterocycles. The summed E-state index contributed by atoms with van der Waals surface area (Å²) in [6, 6.07) is 4.60. The first-order chi connectivity index (χ1) is 7.78. The van der Waals surface area contributed by atoms with Crippen LogP contribution in [-0.2, 0) is 4.84 Å². The number of benzene rings is 1. The third-order valence-electron chi connectivity index (χ3n) is 1.53. The number of alkyl halides is 3. The highest BCUT2D eigenvalue weighted by Crippen LogP contribution is 2.20. The van der Waals surface area contributed by atoms with Crippen LogP contribution >= 0.6 is 31.9 Å². The van der Waals surface area contributed by atoms with Gasteiger partial charge in [-0.15, -0.1) is 0 Å². The van der Waals surface area contributed by atoms with Crippen molar-refractivity contribution in [1.82, 2.24) is 5.48 Å². The molecule has 0 fully saturated rings. The Labute approximate surface area is 112 Å². The zero-order valence-electron chi connectivity index (χ0n) is 8.15. The Morgan fingerprint density at radius 3 is 2.24 bits per heavy atom. The van der Waals surface area contributed by atoms with Gasteiger partial charge in [-0.1, -0.05) is 31.9 Å². The van der Waals surface area contributed by atoms with Gasteiger partial charge in [0, 0.05) is 14.5 Å². The Hall–Kier alpha value is -0.600. The predicted octanol–water partition coefficient (Wildman–Crippen LogP) is 3.44. The molecule has 3 nitrogen and oxygen atoms in total. The van der Waals surface area contributed by atoms with E-state index in [1.165, 1.54) is 12.1 Å². The third kappa shape index (κ3) is 5.51. The Morgan fingerprint density at radius 2 is 1.76 bits per heavy atom. The normalized spacial score (nSPS) is 11.4. The molecule has 0 heterocycles. The van der Waals surface area contributed by atoms with Crippen LogP contribution in [0.1, 0.15) is 10.4 Å². The van der Waals surface area contributed by atoms with Gasteiger partial charge in [-0.3, -0.25) is 9.63 Å². The quantitative estimate of drug-likeness (QED) is 0.820. The minimum atomic E-state index is -4.48. The van der Waals surface area contributed by atoms with E-state index < -0.39 is 18.7 Å². The average molecular weight is 377 g/mol. The molecule has 1 rings (SSSR count). The molecule has 0 saturated carbocycles. The average Bonchev–Trinajstić information content (AvgIpc) is 2.13. The van der Waals surface area contributed by atoms with Gasteiger partial charge >= 0.3 is 6.18 Å². The molecule has 0 radical (unpaired) electrons. The number of hydrogen-bond acceptors (Lipinski definition) is 2. The van der Waals surface area contributed by atoms with Gasteiger partial charge in [0.1, 0.15) is 0 Å². The van der Waals surface area contributed by atoms with Crippen molar-refractivity contribution in [3.05, 3.63) is 32.7 Å². The second kappa shape index (κ2) is 5.83. The van der Waals surface area contributed by atoms with Crippen molar-refractivity contribution in [2.45, 2.75) is 6.18 Å². The summed E-state index contributed by atoms with van der Waals surface area (Å²) in [5.74, 6) is -0.753. The lowest BCUT2D eigenvalue weighted by atomic mass is 10.2. The van der Waals surface area contributed by atoms with Crippen LogP contribution in [0.4, 0.5) is 13.2 Å². The molecule has 1 amide bonds. The maximum Gasteiger partial charge on any atom is 0.414 e. The molecule has 0 aliphatic carbocycles. The second-order valence-electron chi connectivity index (χ2n) is 2.99. The molecule has 0 bridgehead atoms. The Bertz CT molecular complexity index is 403. The van der Waals surface area contributed by atoms with E-state index in [1.807, 2.05) is 0 Å². The number of rotatable bonds is 3. The lowest BCUT2D eigenvalue weighted by Gasteiger charge is -2.08. The number of hydrogen-bond donors (Lipinski definition) is 1. The van der Waals surface area contributed by atoms with Crippen LogP contribution in [0.15, 0.2) is 27.1 Å². The largest absolute Gasteiger partial charge is 0.414 e. The topological polar surface area (TPSA) is 38.3 Å². The van der Waals surface area contributed by atoms with Crippen LogP contribution in [0.3, 0.4) is 0 Å². The predicted molar refractivity (Wildman–Crippen MR) is 61.3 cm³/mol. The van der Waals surface area contributed by atoms with E-state index in [0.717, 1.165) is 0 Å². The third-order valence-corrected chi connectivity index (χ3v) is 2.44. The summed E-state index contributed by atoms with van der Waals surface area (Å²) in [5, 5.41) is 0. The summed E-state index contributed by atoms with van der Waals surface area (Å²) in [6.07, 6.45) is -4.48. The lowest BCUT2D eigenvalue weighted by molar-refractivity contribution is -0.184. The van der Waals surface area contributed by atoms with E-state index in [4.69, 9.17) is 0 Å². The first-order valence-electron chi connectivity index (χ1n) is 4.23. The Morgan fingerprint density at radius 1 is 1.24 bits per heavy atom. The van der Waals surface area contributed by atoms with Gasteiger partial charge in [0.25, 0.3) is 5.91 Å². The molecule has 0 atom stereocenters. The molecule has 94 valence electrons. The lowest BCUT2D eigenvalue weighted by Crippen LogP contribution is -2.29. The first-order valence-corrected chi connectivity index (χ1v) is 5.81. The zero-order valence-corrected chi connectivity index (χ0v) is 11.3. The van der Waals surface area contributed by atoms with E-state index in [0.29, 0.717) is 8.95 Å². The SMILES string of the molecule is O=C(NOCC(F)(F)F)c1cc(Br)cc(Br)c1. The number of hydroxylamine groups is 1. The molecule has 0 aliphatic heterocycles. The fraction of sp³-hybridized carbons (Fsp3) is 0.222. The molecule has 17 heavy (non-hydrogen) atoms. The standard InChI is InChI=1S/C9H6Br2F3NO2/c10-6-1-5(2-7(11)3-6)8(16)15-17-4-9(12,13)14/h1-3H,4H2,(H,15,16). The van der Waals surface area contributed by atoms with Crippen LogP contribution < -0.4 is 5.48 Å². The van der Waals surface area contributed by atoms with E-state index in [1.54, 1.807) is 11.5 Å². The number of nitrogens with one attached hydrogen (secondary N) is 1. The van der Waals surface area contributed by atoms with E-state index in [2.05, 4.69) is 36.7 Å². The maximum absolute atomic E-state index is 11.7. The monoisotopic (exact) mass is 375 g/mol. The molecule has 0 aliphatic rings. The van der Waals surface area contributed by atoms with Crippen molar-refractivity contribution in [2.75, 3.05) is 6.61 Å². The van der Waals surface area contributed by atoms with Crippen molar-refractivity contribution < 1.29 is 22.8 Å². The number of amides is 1.